The average molecular weight is 699 g/mol. The van der Waals surface area contributed by atoms with Crippen LogP contribution in [0.25, 0.3) is 0 Å². The van der Waals surface area contributed by atoms with Gasteiger partial charge in [-0.15, -0.1) is 12.4 Å². The van der Waals surface area contributed by atoms with Gasteiger partial charge in [-0.2, -0.15) is 0 Å². The van der Waals surface area contributed by atoms with Gasteiger partial charge in [0, 0.05) is 25.8 Å². The van der Waals surface area contributed by atoms with E-state index in [0.29, 0.717) is 61.3 Å². The van der Waals surface area contributed by atoms with Gasteiger partial charge in [0.05, 0.1) is 14.2 Å². The number of aryl methyl sites for hydroxylation is 1. The Balaban J connectivity index is -0.000000660. The second-order valence-corrected chi connectivity index (χ2v) is 11.9. The van der Waals surface area contributed by atoms with Crippen LogP contribution in [0.5, 0.6) is 23.0 Å². The van der Waals surface area contributed by atoms with E-state index in [0.717, 1.165) is 49.7 Å². The monoisotopic (exact) mass is 697 g/mol. The summed E-state index contributed by atoms with van der Waals surface area (Å²) >= 11 is 5.18. The molecule has 2 aromatic carbocycles. The Hall–Kier alpha value is -3.00. The number of nitrogens with two attached hydrogens (primary N) is 1. The van der Waals surface area contributed by atoms with E-state index in [2.05, 4.69) is 52.0 Å². The van der Waals surface area contributed by atoms with Crippen LogP contribution in [0, 0.1) is 11.8 Å². The Morgan fingerprint density at radius 3 is 1.64 bits per heavy atom. The molecule has 0 aliphatic heterocycles. The highest BCUT2D eigenvalue weighted by atomic mass is 35.5. The predicted octanol–water partition coefficient (Wildman–Crippen LogP) is 10.1. The van der Waals surface area contributed by atoms with Gasteiger partial charge in [0.2, 0.25) is 5.24 Å². The zero-order valence-electron chi connectivity index (χ0n) is 28.6. The number of halogens is 2. The third-order valence-corrected chi connectivity index (χ3v) is 6.72. The van der Waals surface area contributed by atoms with E-state index in [1.807, 2.05) is 6.07 Å². The van der Waals surface area contributed by atoms with Crippen molar-refractivity contribution < 1.29 is 29.3 Å². The van der Waals surface area contributed by atoms with E-state index in [4.69, 9.17) is 31.9 Å². The summed E-state index contributed by atoms with van der Waals surface area (Å²) < 4.78 is 9.95. The molecule has 4 N–H and O–H groups in total. The van der Waals surface area contributed by atoms with E-state index < -0.39 is 0 Å². The summed E-state index contributed by atoms with van der Waals surface area (Å²) in [7, 11) is 3.03. The zero-order chi connectivity index (χ0) is 34.0. The van der Waals surface area contributed by atoms with Crippen molar-refractivity contribution in [2.24, 2.45) is 17.6 Å². The van der Waals surface area contributed by atoms with Crippen LogP contribution < -0.4 is 15.2 Å². The number of hydrogen-bond acceptors (Lipinski definition) is 7. The van der Waals surface area contributed by atoms with Crippen molar-refractivity contribution in [2.45, 2.75) is 106 Å². The van der Waals surface area contributed by atoms with Crippen molar-refractivity contribution >= 4 is 35.0 Å². The van der Waals surface area contributed by atoms with Gasteiger partial charge < -0.3 is 25.4 Å². The molecule has 2 aromatic rings. The number of carbonyl (C=O) groups is 2. The van der Waals surface area contributed by atoms with Crippen LogP contribution in [0.2, 0.25) is 0 Å². The van der Waals surface area contributed by atoms with Crippen molar-refractivity contribution in [3.8, 4) is 23.0 Å². The van der Waals surface area contributed by atoms with Gasteiger partial charge in [0.25, 0.3) is 0 Å². The molecule has 0 saturated carbocycles. The molecule has 0 aliphatic rings. The maximum absolute atomic E-state index is 11.9. The average Bonchev–Trinajstić information content (AvgIpc) is 3.00. The first-order chi connectivity index (χ1) is 21.4. The highest BCUT2D eigenvalue weighted by Gasteiger charge is 2.06. The maximum atomic E-state index is 11.9. The number of phenols is 2. The number of Topliss-reactive ketones (excluding diaryl/α,β-unsaturated/α-hetero) is 1. The van der Waals surface area contributed by atoms with E-state index in [-0.39, 0.29) is 36.6 Å². The number of phenolic OH excluding ortho intramolecular Hbond substituents is 2. The predicted molar refractivity (Wildman–Crippen MR) is 200 cm³/mol. The summed E-state index contributed by atoms with van der Waals surface area (Å²) in [6.45, 7) is 9.09. The SMILES string of the molecule is C.CC(C)/C=C/CCCCC(=O)Cl.COc1cc(CCC(=O)CCCC/C=C/C(C)C)ccc1O.COc1cc(CN)ccc1O.Cl. The number of benzene rings is 2. The van der Waals surface area contributed by atoms with Crippen LogP contribution in [0.1, 0.15) is 104 Å². The molecule has 9 heteroatoms. The molecular weight excluding hydrogens is 637 g/mol. The molecule has 0 atom stereocenters. The molecule has 0 amide bonds. The number of rotatable bonds is 18. The van der Waals surface area contributed by atoms with Gasteiger partial charge >= 0.3 is 0 Å². The van der Waals surface area contributed by atoms with Gasteiger partial charge in [-0.05, 0) is 104 Å². The Labute approximate surface area is 296 Å². The molecule has 0 radical (unpaired) electrons. The van der Waals surface area contributed by atoms with Gasteiger partial charge in [-0.3, -0.25) is 9.59 Å². The van der Waals surface area contributed by atoms with Crippen LogP contribution in [0.15, 0.2) is 60.7 Å². The van der Waals surface area contributed by atoms with Crippen molar-refractivity contribution in [1.82, 2.24) is 0 Å². The second kappa shape index (κ2) is 30.3. The molecule has 0 aromatic heterocycles. The van der Waals surface area contributed by atoms with E-state index in [1.54, 1.807) is 30.3 Å². The van der Waals surface area contributed by atoms with Crippen LogP contribution in [-0.2, 0) is 22.6 Å². The van der Waals surface area contributed by atoms with Gasteiger partial charge in [-0.1, -0.05) is 71.6 Å². The van der Waals surface area contributed by atoms with Gasteiger partial charge in [-0.25, -0.2) is 0 Å². The summed E-state index contributed by atoms with van der Waals surface area (Å²) in [4.78, 5) is 22.2. The lowest BCUT2D eigenvalue weighted by atomic mass is 10.0. The number of aromatic hydroxyl groups is 2. The lowest BCUT2D eigenvalue weighted by Gasteiger charge is -2.06. The first kappa shape index (κ1) is 48.4. The number of carbonyl (C=O) groups excluding carboxylic acids is 2. The fraction of sp³-hybridized carbons (Fsp3) is 0.526. The van der Waals surface area contributed by atoms with Crippen LogP contribution in [0.4, 0.5) is 0 Å². The summed E-state index contributed by atoms with van der Waals surface area (Å²) in [5.74, 6) is 2.73. The van der Waals surface area contributed by atoms with Crippen molar-refractivity contribution in [1.29, 1.82) is 0 Å². The van der Waals surface area contributed by atoms with Crippen LogP contribution in [-0.4, -0.2) is 35.5 Å². The van der Waals surface area contributed by atoms with Crippen molar-refractivity contribution in [2.75, 3.05) is 14.2 Å². The molecule has 7 nitrogen and oxygen atoms in total. The summed E-state index contributed by atoms with van der Waals surface area (Å²) in [6, 6.07) is 10.3. The smallest absolute Gasteiger partial charge is 0.221 e. The normalized spacial score (nSPS) is 10.4. The standard InChI is InChI=1S/C19H28O3.C10H17ClO.C8H11NO2.CH4.ClH/c1-15(2)8-6-4-5-7-9-17(20)12-10-16-11-13-18(21)19(14-16)22-3;1-9(2)7-5-3-4-6-8-10(11)12;1-11-8-4-6(5-9)2-3-7(8)10;;/h6,8,11,13-15,21H,4-5,7,9-10,12H2,1-3H3;5,7,9H,3-4,6,8H2,1-2H3;2-4,10H,5,9H2,1H3;1H4;1H/b8-6+;7-5+;;;. The van der Waals surface area contributed by atoms with Crippen molar-refractivity contribution in [3.63, 3.8) is 0 Å². The molecule has 0 heterocycles. The lowest BCUT2D eigenvalue weighted by Crippen LogP contribution is -2.00. The van der Waals surface area contributed by atoms with Crippen LogP contribution >= 0.6 is 24.0 Å². The minimum atomic E-state index is -0.220. The molecule has 0 fully saturated rings. The third-order valence-electron chi connectivity index (χ3n) is 6.53. The number of allylic oxidation sites excluding steroid dienone is 4. The summed E-state index contributed by atoms with van der Waals surface area (Å²) in [5.41, 5.74) is 7.35. The quantitative estimate of drug-likeness (QED) is 0.0805. The molecule has 268 valence electrons. The molecule has 0 aliphatic carbocycles. The topological polar surface area (TPSA) is 119 Å². The first-order valence-corrected chi connectivity index (χ1v) is 16.3. The second-order valence-electron chi connectivity index (χ2n) is 11.4. The Morgan fingerprint density at radius 2 is 1.21 bits per heavy atom. The Morgan fingerprint density at radius 1 is 0.766 bits per heavy atom. The fourth-order valence-electron chi connectivity index (χ4n) is 3.98. The minimum absolute atomic E-state index is 0. The van der Waals surface area contributed by atoms with Gasteiger partial charge in [0.1, 0.15) is 5.78 Å². The molecule has 0 bridgehead atoms. The molecule has 0 unspecified atom stereocenters. The number of hydrogen-bond donors (Lipinski definition) is 3. The molecular formula is C38H61Cl2NO6. The molecule has 2 rings (SSSR count). The largest absolute Gasteiger partial charge is 0.504 e. The Kier molecular flexibility index (Phi) is 31.2. The highest BCUT2D eigenvalue weighted by Crippen LogP contribution is 2.27. The number of ketones is 1. The lowest BCUT2D eigenvalue weighted by molar-refractivity contribution is -0.119. The molecule has 0 saturated heterocycles. The number of methoxy groups -OCH3 is 2. The summed E-state index contributed by atoms with van der Waals surface area (Å²) in [6.07, 6.45) is 17.3. The van der Waals surface area contributed by atoms with E-state index in [9.17, 15) is 14.7 Å². The van der Waals surface area contributed by atoms with Crippen molar-refractivity contribution in [3.05, 3.63) is 71.8 Å². The fourth-order valence-corrected chi connectivity index (χ4v) is 4.12. The summed E-state index contributed by atoms with van der Waals surface area (Å²) in [5, 5.41) is 18.5. The maximum Gasteiger partial charge on any atom is 0.221 e. The Bertz CT molecular complexity index is 1160. The highest BCUT2D eigenvalue weighted by molar-refractivity contribution is 6.63. The molecule has 0 spiro atoms. The zero-order valence-corrected chi connectivity index (χ0v) is 30.2. The first-order valence-electron chi connectivity index (χ1n) is 15.9. The number of ether oxygens (including phenoxy) is 2. The van der Waals surface area contributed by atoms with E-state index in [1.165, 1.54) is 14.2 Å². The van der Waals surface area contributed by atoms with E-state index >= 15 is 0 Å². The van der Waals surface area contributed by atoms with Crippen LogP contribution in [0.3, 0.4) is 0 Å². The van der Waals surface area contributed by atoms with Gasteiger partial charge in [0.15, 0.2) is 23.0 Å². The minimum Gasteiger partial charge on any atom is -0.504 e. The third kappa shape index (κ3) is 26.7. The number of unbranched alkanes of at least 4 members (excludes halogenated alkanes) is 4. The molecule has 47 heavy (non-hydrogen) atoms.